The van der Waals surface area contributed by atoms with Gasteiger partial charge in [-0.15, -0.1) is 0 Å². The Bertz CT molecular complexity index is 1300. The number of hydroxylamine groups is 1. The molecular formula is C29H28N2O5. The molecule has 0 aliphatic rings. The largest absolute Gasteiger partial charge is 0.487 e. The molecule has 0 saturated carbocycles. The second-order valence-electron chi connectivity index (χ2n) is 7.98. The number of benzene rings is 3. The highest BCUT2D eigenvalue weighted by Crippen LogP contribution is 2.23. The van der Waals surface area contributed by atoms with Gasteiger partial charge in [0.1, 0.15) is 23.8 Å². The first kappa shape index (κ1) is 24.8. The van der Waals surface area contributed by atoms with Crippen LogP contribution in [-0.4, -0.2) is 18.1 Å². The number of hydrogen-bond acceptors (Lipinski definition) is 7. The highest BCUT2D eigenvalue weighted by atomic mass is 16.6. The average Bonchev–Trinajstić information content (AvgIpc) is 3.30. The Kier molecular flexibility index (Phi) is 8.51. The molecule has 1 aromatic heterocycles. The maximum Gasteiger partial charge on any atom is 0.309 e. The van der Waals surface area contributed by atoms with E-state index in [9.17, 15) is 4.79 Å². The summed E-state index contributed by atoms with van der Waals surface area (Å²) in [5, 5.41) is 0. The summed E-state index contributed by atoms with van der Waals surface area (Å²) in [6, 6.07) is 27.1. The van der Waals surface area contributed by atoms with Crippen molar-refractivity contribution in [3.63, 3.8) is 0 Å². The molecule has 1 heterocycles. The van der Waals surface area contributed by atoms with Crippen LogP contribution in [0.15, 0.2) is 95.4 Å². The summed E-state index contributed by atoms with van der Waals surface area (Å²) in [6.07, 6.45) is 1.87. The lowest BCUT2D eigenvalue weighted by Crippen LogP contribution is -2.14. The highest BCUT2D eigenvalue weighted by Gasteiger charge is 2.12. The fourth-order valence-corrected chi connectivity index (χ4v) is 3.44. The summed E-state index contributed by atoms with van der Waals surface area (Å²) in [4.78, 5) is 21.9. The molecule has 0 spiro atoms. The number of nitrogens with zero attached hydrogens (tertiary/aromatic N) is 1. The Balaban J connectivity index is 1.35. The van der Waals surface area contributed by atoms with Gasteiger partial charge in [0.2, 0.25) is 5.89 Å². The van der Waals surface area contributed by atoms with Gasteiger partial charge in [-0.05, 0) is 48.4 Å². The molecule has 3 aromatic carbocycles. The van der Waals surface area contributed by atoms with Crippen molar-refractivity contribution in [3.05, 3.63) is 114 Å². The van der Waals surface area contributed by atoms with Crippen LogP contribution in [0.5, 0.6) is 5.75 Å². The van der Waals surface area contributed by atoms with Crippen LogP contribution in [0.4, 0.5) is 0 Å². The highest BCUT2D eigenvalue weighted by molar-refractivity contribution is 5.74. The van der Waals surface area contributed by atoms with Crippen LogP contribution in [0, 0.1) is 6.92 Å². The van der Waals surface area contributed by atoms with Gasteiger partial charge >= 0.3 is 5.97 Å². The lowest BCUT2D eigenvalue weighted by Gasteiger charge is -2.12. The molecule has 0 bridgehead atoms. The SMILES string of the molecule is COC(=O)CC=C(NOCc1cccc(OCc2nc(-c3ccccc3)oc2C)c1)c1ccccc1. The predicted octanol–water partition coefficient (Wildman–Crippen LogP) is 5.85. The zero-order valence-corrected chi connectivity index (χ0v) is 20.3. The molecule has 7 heteroatoms. The summed E-state index contributed by atoms with van der Waals surface area (Å²) in [5.74, 6) is 1.68. The van der Waals surface area contributed by atoms with Gasteiger partial charge in [-0.25, -0.2) is 4.98 Å². The van der Waals surface area contributed by atoms with E-state index in [1.165, 1.54) is 7.11 Å². The van der Waals surface area contributed by atoms with Crippen LogP contribution in [0.25, 0.3) is 17.2 Å². The van der Waals surface area contributed by atoms with Gasteiger partial charge in [0.15, 0.2) is 0 Å². The smallest absolute Gasteiger partial charge is 0.309 e. The minimum absolute atomic E-state index is 0.133. The Morgan fingerprint density at radius 3 is 2.47 bits per heavy atom. The number of esters is 1. The zero-order valence-electron chi connectivity index (χ0n) is 20.3. The summed E-state index contributed by atoms with van der Waals surface area (Å²) in [5.41, 5.74) is 7.14. The van der Waals surface area contributed by atoms with Crippen molar-refractivity contribution in [1.29, 1.82) is 0 Å². The molecule has 0 radical (unpaired) electrons. The third-order valence-corrected chi connectivity index (χ3v) is 5.39. The maximum atomic E-state index is 11.6. The molecule has 0 aliphatic heterocycles. The van der Waals surface area contributed by atoms with Gasteiger partial charge in [-0.3, -0.25) is 15.1 Å². The van der Waals surface area contributed by atoms with Crippen molar-refractivity contribution in [2.24, 2.45) is 0 Å². The Labute approximate surface area is 210 Å². The molecule has 4 aromatic rings. The number of hydrogen-bond donors (Lipinski definition) is 1. The number of aryl methyl sites for hydroxylation is 1. The molecule has 0 unspecified atom stereocenters. The first-order valence-electron chi connectivity index (χ1n) is 11.6. The van der Waals surface area contributed by atoms with E-state index in [2.05, 4.69) is 10.5 Å². The number of carbonyl (C=O) groups excluding carboxylic acids is 1. The molecular weight excluding hydrogens is 456 g/mol. The third-order valence-electron chi connectivity index (χ3n) is 5.39. The van der Waals surface area contributed by atoms with Crippen molar-refractivity contribution in [2.75, 3.05) is 7.11 Å². The molecule has 0 fully saturated rings. The number of aromatic nitrogens is 1. The van der Waals surface area contributed by atoms with Crippen molar-refractivity contribution < 1.29 is 23.5 Å². The molecule has 36 heavy (non-hydrogen) atoms. The quantitative estimate of drug-likeness (QED) is 0.211. The van der Waals surface area contributed by atoms with Gasteiger partial charge in [0.05, 0.1) is 25.8 Å². The van der Waals surface area contributed by atoms with Crippen molar-refractivity contribution in [3.8, 4) is 17.2 Å². The van der Waals surface area contributed by atoms with E-state index >= 15 is 0 Å². The topological polar surface area (TPSA) is 82.8 Å². The second kappa shape index (κ2) is 12.4. The molecule has 0 amide bonds. The van der Waals surface area contributed by atoms with E-state index < -0.39 is 0 Å². The average molecular weight is 485 g/mol. The van der Waals surface area contributed by atoms with Gasteiger partial charge in [0, 0.05) is 5.56 Å². The van der Waals surface area contributed by atoms with Crippen LogP contribution in [0.3, 0.4) is 0 Å². The first-order valence-corrected chi connectivity index (χ1v) is 11.6. The van der Waals surface area contributed by atoms with E-state index in [4.69, 9.17) is 18.7 Å². The lowest BCUT2D eigenvalue weighted by atomic mass is 10.1. The van der Waals surface area contributed by atoms with Crippen LogP contribution in [-0.2, 0) is 27.6 Å². The van der Waals surface area contributed by atoms with Gasteiger partial charge < -0.3 is 13.9 Å². The van der Waals surface area contributed by atoms with E-state index in [0.717, 1.165) is 28.1 Å². The molecule has 1 N–H and O–H groups in total. The minimum atomic E-state index is -0.326. The molecule has 7 nitrogen and oxygen atoms in total. The fourth-order valence-electron chi connectivity index (χ4n) is 3.44. The number of nitrogens with one attached hydrogen (secondary N) is 1. The third kappa shape index (κ3) is 6.84. The standard InChI is InChI=1S/C29H28N2O5/c1-21-27(30-29(36-21)24-13-7-4-8-14-24)20-34-25-15-9-10-22(18-25)19-35-31-26(16-17-28(32)33-2)23-11-5-3-6-12-23/h3-16,18,31H,17,19-20H2,1-2H3. The Morgan fingerprint density at radius 2 is 1.72 bits per heavy atom. The van der Waals surface area contributed by atoms with Gasteiger partial charge in [-0.2, -0.15) is 0 Å². The fraction of sp³-hybridized carbons (Fsp3) is 0.172. The first-order chi connectivity index (χ1) is 17.6. The number of ether oxygens (including phenoxy) is 2. The Morgan fingerprint density at radius 1 is 0.972 bits per heavy atom. The predicted molar refractivity (Wildman–Crippen MR) is 136 cm³/mol. The minimum Gasteiger partial charge on any atom is -0.487 e. The van der Waals surface area contributed by atoms with Gasteiger partial charge in [-0.1, -0.05) is 60.7 Å². The summed E-state index contributed by atoms with van der Waals surface area (Å²) < 4.78 is 16.5. The zero-order chi connectivity index (χ0) is 25.2. The number of rotatable bonds is 11. The lowest BCUT2D eigenvalue weighted by molar-refractivity contribution is -0.139. The van der Waals surface area contributed by atoms with E-state index in [1.807, 2.05) is 91.9 Å². The van der Waals surface area contributed by atoms with Crippen LogP contribution >= 0.6 is 0 Å². The summed E-state index contributed by atoms with van der Waals surface area (Å²) in [7, 11) is 1.36. The van der Waals surface area contributed by atoms with Crippen molar-refractivity contribution >= 4 is 11.7 Å². The molecule has 0 aliphatic carbocycles. The van der Waals surface area contributed by atoms with Crippen LogP contribution < -0.4 is 10.2 Å². The van der Waals surface area contributed by atoms with Crippen LogP contribution in [0.2, 0.25) is 0 Å². The monoisotopic (exact) mass is 484 g/mol. The summed E-state index contributed by atoms with van der Waals surface area (Å²) in [6.45, 7) is 2.46. The molecule has 4 rings (SSSR count). The van der Waals surface area contributed by atoms with Gasteiger partial charge in [0.25, 0.3) is 0 Å². The Hall–Kier alpha value is -4.36. The van der Waals surface area contributed by atoms with E-state index in [1.54, 1.807) is 6.08 Å². The normalized spacial score (nSPS) is 11.2. The summed E-state index contributed by atoms with van der Waals surface area (Å²) >= 11 is 0. The second-order valence-corrected chi connectivity index (χ2v) is 7.98. The number of methoxy groups -OCH3 is 1. The van der Waals surface area contributed by atoms with Crippen molar-refractivity contribution in [2.45, 2.75) is 26.6 Å². The number of carbonyl (C=O) groups is 1. The molecule has 0 saturated heterocycles. The van der Waals surface area contributed by atoms with Crippen LogP contribution in [0.1, 0.15) is 29.0 Å². The van der Waals surface area contributed by atoms with Crippen molar-refractivity contribution in [1.82, 2.24) is 10.5 Å². The molecule has 0 atom stereocenters. The number of oxazole rings is 1. The maximum absolute atomic E-state index is 11.6. The molecule has 184 valence electrons. The van der Waals surface area contributed by atoms with E-state index in [0.29, 0.717) is 30.6 Å². The van der Waals surface area contributed by atoms with E-state index in [-0.39, 0.29) is 12.4 Å².